The van der Waals surface area contributed by atoms with Gasteiger partial charge >= 0.3 is 0 Å². The van der Waals surface area contributed by atoms with Gasteiger partial charge in [0.15, 0.2) is 0 Å². The van der Waals surface area contributed by atoms with E-state index < -0.39 is 21.4 Å². The van der Waals surface area contributed by atoms with E-state index in [0.717, 1.165) is 25.1 Å². The molecule has 0 radical (unpaired) electrons. The first-order valence-electron chi connectivity index (χ1n) is 4.85. The summed E-state index contributed by atoms with van der Waals surface area (Å²) in [6, 6.07) is 0.923. The Balaban J connectivity index is 2.18. The fraction of sp³-hybridized carbons (Fsp3) is 0.444. The number of pyridine rings is 1. The maximum Gasteiger partial charge on any atom is 0.246 e. The van der Waals surface area contributed by atoms with Crippen molar-refractivity contribution in [2.75, 3.05) is 6.54 Å². The summed E-state index contributed by atoms with van der Waals surface area (Å²) in [5, 5.41) is 0. The molecule has 5 nitrogen and oxygen atoms in total. The maximum atomic E-state index is 13.0. The van der Waals surface area contributed by atoms with E-state index in [0.29, 0.717) is 0 Å². The van der Waals surface area contributed by atoms with Gasteiger partial charge in [0.05, 0.1) is 12.7 Å². The van der Waals surface area contributed by atoms with Crippen molar-refractivity contribution in [2.24, 2.45) is 0 Å². The van der Waals surface area contributed by atoms with Crippen LogP contribution in [0.15, 0.2) is 17.2 Å². The Morgan fingerprint density at radius 2 is 2.25 bits per heavy atom. The number of sulfonamides is 1. The second-order valence-corrected chi connectivity index (χ2v) is 5.80. The molecule has 1 fully saturated rings. The minimum Gasteiger partial charge on any atom is -0.469 e. The van der Waals surface area contributed by atoms with Crippen LogP contribution in [0.1, 0.15) is 12.8 Å². The zero-order valence-electron chi connectivity index (χ0n) is 8.23. The third-order valence-corrected chi connectivity index (χ3v) is 4.18. The Hall–Kier alpha value is -1.21. The zero-order valence-corrected chi connectivity index (χ0v) is 9.05. The molecule has 0 bridgehead atoms. The van der Waals surface area contributed by atoms with Gasteiger partial charge in [0.1, 0.15) is 16.3 Å². The Morgan fingerprint density at radius 3 is 2.94 bits per heavy atom. The average molecular weight is 244 g/mol. The number of ether oxygens (including phenoxy) is 1. The number of fused-ring (bicyclic) bond motifs is 1. The molecule has 7 heteroatoms. The van der Waals surface area contributed by atoms with Gasteiger partial charge < -0.3 is 4.74 Å². The number of hydrogen-bond donors (Lipinski definition) is 1. The standard InChI is InChI=1S/C9H9FN2O3S/c10-6-3-7-8(11-4-6)15-9(1-2-9)5-12-16(7,13)14/h3-4,12H,1-2,5H2. The first-order valence-corrected chi connectivity index (χ1v) is 6.33. The number of hydrogen-bond acceptors (Lipinski definition) is 4. The summed E-state index contributed by atoms with van der Waals surface area (Å²) in [5.41, 5.74) is -0.469. The molecule has 3 rings (SSSR count). The molecule has 0 unspecified atom stereocenters. The smallest absolute Gasteiger partial charge is 0.246 e. The quantitative estimate of drug-likeness (QED) is 0.718. The molecule has 0 amide bonds. The fourth-order valence-electron chi connectivity index (χ4n) is 1.64. The predicted octanol–water partition coefficient (Wildman–Crippen LogP) is 0.424. The Bertz CT molecular complexity index is 554. The molecule has 1 saturated carbocycles. The van der Waals surface area contributed by atoms with Gasteiger partial charge in [-0.2, -0.15) is 0 Å². The third kappa shape index (κ3) is 1.47. The van der Waals surface area contributed by atoms with Crippen molar-refractivity contribution in [1.82, 2.24) is 9.71 Å². The van der Waals surface area contributed by atoms with Crippen molar-refractivity contribution in [1.29, 1.82) is 0 Å². The highest BCUT2D eigenvalue weighted by Crippen LogP contribution is 2.42. The minimum absolute atomic E-state index is 0.0103. The van der Waals surface area contributed by atoms with Crippen molar-refractivity contribution in [3.05, 3.63) is 18.1 Å². The van der Waals surface area contributed by atoms with E-state index in [1.807, 2.05) is 0 Å². The van der Waals surface area contributed by atoms with Gasteiger partial charge in [-0.05, 0) is 12.8 Å². The molecule has 16 heavy (non-hydrogen) atoms. The molecular weight excluding hydrogens is 235 g/mol. The van der Waals surface area contributed by atoms with Crippen LogP contribution in [0.4, 0.5) is 4.39 Å². The number of rotatable bonds is 0. The molecule has 86 valence electrons. The van der Waals surface area contributed by atoms with E-state index in [2.05, 4.69) is 9.71 Å². The average Bonchev–Trinajstić information content (AvgIpc) is 2.99. The monoisotopic (exact) mass is 244 g/mol. The number of halogens is 1. The van der Waals surface area contributed by atoms with Gasteiger partial charge in [-0.1, -0.05) is 0 Å². The van der Waals surface area contributed by atoms with E-state index >= 15 is 0 Å². The van der Waals surface area contributed by atoms with Gasteiger partial charge in [0.25, 0.3) is 0 Å². The number of aromatic nitrogens is 1. The molecule has 1 aromatic heterocycles. The molecule has 1 aliphatic heterocycles. The van der Waals surface area contributed by atoms with Crippen LogP contribution in [0.5, 0.6) is 5.88 Å². The molecule has 1 spiro atoms. The van der Waals surface area contributed by atoms with Crippen LogP contribution in [0, 0.1) is 5.82 Å². The third-order valence-electron chi connectivity index (χ3n) is 2.78. The van der Waals surface area contributed by atoms with E-state index in [9.17, 15) is 12.8 Å². The summed E-state index contributed by atoms with van der Waals surface area (Å²) in [6.07, 6.45) is 2.53. The van der Waals surface area contributed by atoms with Crippen LogP contribution in [0.3, 0.4) is 0 Å². The normalized spacial score (nSPS) is 24.3. The highest BCUT2D eigenvalue weighted by molar-refractivity contribution is 7.89. The Morgan fingerprint density at radius 1 is 1.50 bits per heavy atom. The van der Waals surface area contributed by atoms with Gasteiger partial charge in [-0.15, -0.1) is 0 Å². The van der Waals surface area contributed by atoms with Crippen LogP contribution < -0.4 is 9.46 Å². The van der Waals surface area contributed by atoms with Crippen molar-refractivity contribution in [3.8, 4) is 5.88 Å². The lowest BCUT2D eigenvalue weighted by atomic mass is 10.3. The summed E-state index contributed by atoms with van der Waals surface area (Å²) < 4.78 is 44.4. The summed E-state index contributed by atoms with van der Waals surface area (Å²) in [5.74, 6) is -0.705. The predicted molar refractivity (Wildman–Crippen MR) is 52.0 cm³/mol. The largest absolute Gasteiger partial charge is 0.469 e. The van der Waals surface area contributed by atoms with E-state index in [-0.39, 0.29) is 17.3 Å². The van der Waals surface area contributed by atoms with E-state index in [1.54, 1.807) is 0 Å². The molecule has 0 saturated heterocycles. The molecule has 1 N–H and O–H groups in total. The Labute approximate surface area is 91.7 Å². The molecular formula is C9H9FN2O3S. The van der Waals surface area contributed by atoms with Crippen molar-refractivity contribution in [3.63, 3.8) is 0 Å². The fourth-order valence-corrected chi connectivity index (χ4v) is 2.84. The van der Waals surface area contributed by atoms with E-state index in [1.165, 1.54) is 0 Å². The molecule has 0 aromatic carbocycles. The van der Waals surface area contributed by atoms with Crippen LogP contribution in [0.2, 0.25) is 0 Å². The van der Waals surface area contributed by atoms with Gasteiger partial charge in [0, 0.05) is 6.07 Å². The molecule has 2 aliphatic rings. The van der Waals surface area contributed by atoms with Gasteiger partial charge in [0.2, 0.25) is 15.9 Å². The minimum atomic E-state index is -3.71. The topological polar surface area (TPSA) is 68.3 Å². The number of nitrogens with zero attached hydrogens (tertiary/aromatic N) is 1. The Kier molecular flexibility index (Phi) is 1.82. The van der Waals surface area contributed by atoms with Crippen LogP contribution in [-0.2, 0) is 10.0 Å². The highest BCUT2D eigenvalue weighted by Gasteiger charge is 2.49. The van der Waals surface area contributed by atoms with Crippen molar-refractivity contribution < 1.29 is 17.5 Å². The molecule has 2 heterocycles. The maximum absolute atomic E-state index is 13.0. The highest BCUT2D eigenvalue weighted by atomic mass is 32.2. The molecule has 1 aromatic rings. The van der Waals surface area contributed by atoms with Crippen LogP contribution in [0.25, 0.3) is 0 Å². The number of nitrogens with one attached hydrogen (secondary N) is 1. The first-order chi connectivity index (χ1) is 7.51. The second kappa shape index (κ2) is 2.92. The van der Waals surface area contributed by atoms with Crippen molar-refractivity contribution >= 4 is 10.0 Å². The van der Waals surface area contributed by atoms with E-state index in [4.69, 9.17) is 4.74 Å². The SMILES string of the molecule is O=S1(=O)NCC2(CC2)Oc2ncc(F)cc21. The summed E-state index contributed by atoms with van der Waals surface area (Å²) in [7, 11) is -3.71. The van der Waals surface area contributed by atoms with Gasteiger partial charge in [-0.25, -0.2) is 22.5 Å². The zero-order chi connectivity index (χ0) is 11.4. The lowest BCUT2D eigenvalue weighted by Crippen LogP contribution is -2.33. The van der Waals surface area contributed by atoms with Crippen molar-refractivity contribution in [2.45, 2.75) is 23.3 Å². The van der Waals surface area contributed by atoms with Crippen LogP contribution in [-0.4, -0.2) is 25.5 Å². The lowest BCUT2D eigenvalue weighted by Gasteiger charge is -2.12. The summed E-state index contributed by atoms with van der Waals surface area (Å²) >= 11 is 0. The molecule has 0 atom stereocenters. The summed E-state index contributed by atoms with van der Waals surface area (Å²) in [6.45, 7) is 0.216. The lowest BCUT2D eigenvalue weighted by molar-refractivity contribution is 0.173. The second-order valence-electron chi connectivity index (χ2n) is 4.07. The first kappa shape index (κ1) is 9.98. The molecule has 1 aliphatic carbocycles. The van der Waals surface area contributed by atoms with Gasteiger partial charge in [-0.3, -0.25) is 0 Å². The summed E-state index contributed by atoms with van der Waals surface area (Å²) in [4.78, 5) is 3.47. The van der Waals surface area contributed by atoms with Crippen LogP contribution >= 0.6 is 0 Å².